The number of rotatable bonds is 6. The Hall–Kier alpha value is -3.01. The summed E-state index contributed by atoms with van der Waals surface area (Å²) in [6.45, 7) is 4.15. The van der Waals surface area contributed by atoms with Gasteiger partial charge >= 0.3 is 0 Å². The maximum Gasteiger partial charge on any atom is 0.261 e. The van der Waals surface area contributed by atoms with Crippen LogP contribution in [0.5, 0.6) is 11.5 Å². The van der Waals surface area contributed by atoms with Crippen molar-refractivity contribution in [3.05, 3.63) is 79.4 Å². The van der Waals surface area contributed by atoms with Gasteiger partial charge < -0.3 is 15.4 Å². The third-order valence-electron chi connectivity index (χ3n) is 4.31. The standard InChI is InChI=1S/C22H19N3O3S3/c1-2-13-23-22(29)24-15-7-10-17(11-8-15)31(26,27)25-16-9-12-19-21(14-16)30-20-6-4-3-5-18(20)28-19/h2-12,14,25H,1,13H2,(H2,23,24,29). The zero-order chi connectivity index (χ0) is 21.8. The van der Waals surface area contributed by atoms with Crippen molar-refractivity contribution >= 4 is 50.5 Å². The molecule has 0 unspecified atom stereocenters. The molecular formula is C22H19N3O3S3. The molecule has 0 saturated heterocycles. The molecule has 0 aromatic heterocycles. The van der Waals surface area contributed by atoms with Crippen LogP contribution >= 0.6 is 24.0 Å². The molecule has 31 heavy (non-hydrogen) atoms. The Kier molecular flexibility index (Phi) is 6.17. The second-order valence-electron chi connectivity index (χ2n) is 6.57. The summed E-state index contributed by atoms with van der Waals surface area (Å²) in [5, 5.41) is 6.37. The molecule has 4 rings (SSSR count). The molecule has 1 heterocycles. The molecule has 1 aliphatic rings. The molecule has 0 aliphatic carbocycles. The van der Waals surface area contributed by atoms with Gasteiger partial charge in [-0.15, -0.1) is 6.58 Å². The molecule has 0 atom stereocenters. The van der Waals surface area contributed by atoms with E-state index in [1.54, 1.807) is 36.4 Å². The molecule has 9 heteroatoms. The monoisotopic (exact) mass is 469 g/mol. The van der Waals surface area contributed by atoms with E-state index in [0.717, 1.165) is 15.5 Å². The number of anilines is 2. The lowest BCUT2D eigenvalue weighted by molar-refractivity contribution is 0.454. The molecule has 3 aromatic rings. The van der Waals surface area contributed by atoms with E-state index >= 15 is 0 Å². The van der Waals surface area contributed by atoms with E-state index in [2.05, 4.69) is 21.9 Å². The normalized spacial score (nSPS) is 12.0. The van der Waals surface area contributed by atoms with Crippen LogP contribution in [0.15, 0.2) is 94.1 Å². The number of fused-ring (bicyclic) bond motifs is 2. The van der Waals surface area contributed by atoms with Gasteiger partial charge in [-0.05, 0) is 66.8 Å². The van der Waals surface area contributed by atoms with Crippen LogP contribution in [0.1, 0.15) is 0 Å². The Morgan fingerprint density at radius 2 is 1.71 bits per heavy atom. The lowest BCUT2D eigenvalue weighted by Crippen LogP contribution is -2.28. The quantitative estimate of drug-likeness (QED) is 0.264. The molecule has 3 aromatic carbocycles. The van der Waals surface area contributed by atoms with Gasteiger partial charge in [-0.2, -0.15) is 0 Å². The summed E-state index contributed by atoms with van der Waals surface area (Å²) in [7, 11) is -3.75. The second kappa shape index (κ2) is 9.01. The van der Waals surface area contributed by atoms with Crippen molar-refractivity contribution in [3.8, 4) is 11.5 Å². The van der Waals surface area contributed by atoms with Gasteiger partial charge in [0.1, 0.15) is 11.5 Å². The van der Waals surface area contributed by atoms with Gasteiger partial charge in [0.25, 0.3) is 10.0 Å². The zero-order valence-corrected chi connectivity index (χ0v) is 18.7. The predicted octanol–water partition coefficient (Wildman–Crippen LogP) is 5.22. The highest BCUT2D eigenvalue weighted by molar-refractivity contribution is 7.99. The van der Waals surface area contributed by atoms with Crippen LogP contribution in [-0.2, 0) is 10.0 Å². The fourth-order valence-corrected chi connectivity index (χ4v) is 5.10. The van der Waals surface area contributed by atoms with Gasteiger partial charge in [-0.3, -0.25) is 4.72 Å². The van der Waals surface area contributed by atoms with Crippen molar-refractivity contribution in [3.63, 3.8) is 0 Å². The maximum absolute atomic E-state index is 12.8. The van der Waals surface area contributed by atoms with Gasteiger partial charge in [0.05, 0.1) is 20.4 Å². The molecule has 3 N–H and O–H groups in total. The number of ether oxygens (including phenoxy) is 1. The zero-order valence-electron chi connectivity index (χ0n) is 16.3. The van der Waals surface area contributed by atoms with Crippen LogP contribution in [-0.4, -0.2) is 20.1 Å². The van der Waals surface area contributed by atoms with E-state index in [9.17, 15) is 8.42 Å². The van der Waals surface area contributed by atoms with Crippen LogP contribution in [0.3, 0.4) is 0 Å². The summed E-state index contributed by atoms with van der Waals surface area (Å²) >= 11 is 6.69. The molecule has 0 saturated carbocycles. The number of sulfonamides is 1. The highest BCUT2D eigenvalue weighted by Crippen LogP contribution is 2.47. The lowest BCUT2D eigenvalue weighted by Gasteiger charge is -2.20. The largest absolute Gasteiger partial charge is 0.455 e. The Bertz CT molecular complexity index is 1240. The average molecular weight is 470 g/mol. The summed E-state index contributed by atoms with van der Waals surface area (Å²) in [6.07, 6.45) is 1.69. The Balaban J connectivity index is 1.47. The lowest BCUT2D eigenvalue weighted by atomic mass is 10.3. The van der Waals surface area contributed by atoms with Crippen molar-refractivity contribution in [2.45, 2.75) is 14.7 Å². The van der Waals surface area contributed by atoms with Crippen molar-refractivity contribution in [1.82, 2.24) is 5.32 Å². The van der Waals surface area contributed by atoms with E-state index in [0.29, 0.717) is 28.8 Å². The Morgan fingerprint density at radius 1 is 1.00 bits per heavy atom. The van der Waals surface area contributed by atoms with E-state index < -0.39 is 10.0 Å². The average Bonchev–Trinajstić information content (AvgIpc) is 2.76. The van der Waals surface area contributed by atoms with Crippen molar-refractivity contribution in [2.24, 2.45) is 0 Å². The number of hydrogen-bond donors (Lipinski definition) is 3. The first-order chi connectivity index (χ1) is 14.9. The van der Waals surface area contributed by atoms with E-state index in [1.165, 1.54) is 23.9 Å². The van der Waals surface area contributed by atoms with Crippen LogP contribution in [0.2, 0.25) is 0 Å². The third kappa shape index (κ3) is 5.01. The molecule has 0 spiro atoms. The van der Waals surface area contributed by atoms with Crippen LogP contribution in [0.4, 0.5) is 11.4 Å². The van der Waals surface area contributed by atoms with Crippen LogP contribution < -0.4 is 20.1 Å². The summed E-state index contributed by atoms with van der Waals surface area (Å²) in [4.78, 5) is 1.98. The molecule has 0 amide bonds. The summed E-state index contributed by atoms with van der Waals surface area (Å²) in [5.41, 5.74) is 1.15. The Morgan fingerprint density at radius 3 is 2.48 bits per heavy atom. The van der Waals surface area contributed by atoms with Gasteiger partial charge in [0.15, 0.2) is 5.11 Å². The molecular weight excluding hydrogens is 450 g/mol. The SMILES string of the molecule is C=CCNC(=S)Nc1ccc(S(=O)(=O)Nc2ccc3c(c2)Sc2ccccc2O3)cc1. The van der Waals surface area contributed by atoms with Crippen molar-refractivity contribution < 1.29 is 13.2 Å². The number of benzene rings is 3. The number of para-hydroxylation sites is 1. The fraction of sp³-hybridized carbons (Fsp3) is 0.0455. The first kappa shape index (κ1) is 21.2. The van der Waals surface area contributed by atoms with Crippen LogP contribution in [0, 0.1) is 0 Å². The second-order valence-corrected chi connectivity index (χ2v) is 9.74. The van der Waals surface area contributed by atoms with E-state index in [-0.39, 0.29) is 4.90 Å². The minimum atomic E-state index is -3.75. The fourth-order valence-electron chi connectivity index (χ4n) is 2.86. The summed E-state index contributed by atoms with van der Waals surface area (Å²) in [6, 6.07) is 19.3. The third-order valence-corrected chi connectivity index (χ3v) is 7.05. The van der Waals surface area contributed by atoms with Gasteiger partial charge in [0, 0.05) is 12.2 Å². The summed E-state index contributed by atoms with van der Waals surface area (Å²) < 4.78 is 34.2. The van der Waals surface area contributed by atoms with Crippen molar-refractivity contribution in [1.29, 1.82) is 0 Å². The topological polar surface area (TPSA) is 79.5 Å². The van der Waals surface area contributed by atoms with Crippen molar-refractivity contribution in [2.75, 3.05) is 16.6 Å². The molecule has 6 nitrogen and oxygen atoms in total. The Labute approximate surface area is 190 Å². The van der Waals surface area contributed by atoms with Crippen LogP contribution in [0.25, 0.3) is 0 Å². The molecule has 0 bridgehead atoms. The van der Waals surface area contributed by atoms with Gasteiger partial charge in [-0.25, -0.2) is 8.42 Å². The highest BCUT2D eigenvalue weighted by atomic mass is 32.2. The molecule has 1 aliphatic heterocycles. The van der Waals surface area contributed by atoms with E-state index in [4.69, 9.17) is 17.0 Å². The number of hydrogen-bond acceptors (Lipinski definition) is 5. The van der Waals surface area contributed by atoms with Gasteiger partial charge in [0.2, 0.25) is 0 Å². The molecule has 0 radical (unpaired) electrons. The molecule has 0 fully saturated rings. The van der Waals surface area contributed by atoms with E-state index in [1.807, 2.05) is 24.3 Å². The predicted molar refractivity (Wildman–Crippen MR) is 129 cm³/mol. The minimum absolute atomic E-state index is 0.148. The maximum atomic E-state index is 12.8. The highest BCUT2D eigenvalue weighted by Gasteiger charge is 2.20. The summed E-state index contributed by atoms with van der Waals surface area (Å²) in [5.74, 6) is 1.49. The molecule has 158 valence electrons. The first-order valence-corrected chi connectivity index (χ1v) is 12.0. The minimum Gasteiger partial charge on any atom is -0.455 e. The number of nitrogens with one attached hydrogen (secondary N) is 3. The first-order valence-electron chi connectivity index (χ1n) is 9.32. The smallest absolute Gasteiger partial charge is 0.261 e. The van der Waals surface area contributed by atoms with Gasteiger partial charge in [-0.1, -0.05) is 30.0 Å². The number of thiocarbonyl (C=S) groups is 1.